The summed E-state index contributed by atoms with van der Waals surface area (Å²) >= 11 is 7.50. The molecule has 0 fully saturated rings. The summed E-state index contributed by atoms with van der Waals surface area (Å²) in [4.78, 5) is 15.9. The molecule has 0 saturated heterocycles. The van der Waals surface area contributed by atoms with Crippen LogP contribution in [0.1, 0.15) is 29.0 Å². The molecule has 4 nitrogen and oxygen atoms in total. The van der Waals surface area contributed by atoms with E-state index in [2.05, 4.69) is 10.3 Å². The number of benzene rings is 1. The smallest absolute Gasteiger partial charge is 0.339 e. The van der Waals surface area contributed by atoms with Crippen molar-refractivity contribution in [3.8, 4) is 0 Å². The highest BCUT2D eigenvalue weighted by Crippen LogP contribution is 2.26. The molecule has 1 aromatic heterocycles. The van der Waals surface area contributed by atoms with Crippen molar-refractivity contribution in [1.82, 2.24) is 4.98 Å². The second kappa shape index (κ2) is 6.04. The van der Waals surface area contributed by atoms with Gasteiger partial charge >= 0.3 is 5.97 Å². The van der Waals surface area contributed by atoms with Gasteiger partial charge in [-0.15, -0.1) is 11.3 Å². The van der Waals surface area contributed by atoms with Crippen LogP contribution in [-0.4, -0.2) is 18.1 Å². The zero-order valence-corrected chi connectivity index (χ0v) is 12.1. The first-order valence-corrected chi connectivity index (χ1v) is 6.96. The minimum Gasteiger partial charge on any atom is -0.465 e. The molecule has 0 amide bonds. The molecular weight excluding hydrogens is 284 g/mol. The fourth-order valence-corrected chi connectivity index (χ4v) is 2.49. The molecule has 0 aliphatic heterocycles. The molecule has 0 saturated carbocycles. The van der Waals surface area contributed by atoms with Gasteiger partial charge in [-0.3, -0.25) is 0 Å². The van der Waals surface area contributed by atoms with Crippen molar-refractivity contribution in [2.75, 3.05) is 12.4 Å². The van der Waals surface area contributed by atoms with E-state index in [-0.39, 0.29) is 6.04 Å². The molecule has 0 spiro atoms. The van der Waals surface area contributed by atoms with E-state index < -0.39 is 5.97 Å². The number of hydrogen-bond donors (Lipinski definition) is 1. The Labute approximate surface area is 120 Å². The number of carbonyl (C=O) groups excluding carboxylic acids is 1. The number of ether oxygens (including phenoxy) is 1. The molecule has 1 aromatic carbocycles. The number of rotatable bonds is 4. The lowest BCUT2D eigenvalue weighted by Gasteiger charge is -2.16. The molecule has 1 heterocycles. The van der Waals surface area contributed by atoms with Gasteiger partial charge in [0.25, 0.3) is 0 Å². The number of carbonyl (C=O) groups is 1. The summed E-state index contributed by atoms with van der Waals surface area (Å²) in [5.74, 6) is -0.398. The monoisotopic (exact) mass is 296 g/mol. The normalized spacial score (nSPS) is 11.9. The number of hydrogen-bond acceptors (Lipinski definition) is 5. The average Bonchev–Trinajstić information content (AvgIpc) is 2.92. The summed E-state index contributed by atoms with van der Waals surface area (Å²) in [7, 11) is 1.35. The summed E-state index contributed by atoms with van der Waals surface area (Å²) in [5.41, 5.74) is 3.78. The molecule has 2 aromatic rings. The number of thiazole rings is 1. The second-order valence-corrected chi connectivity index (χ2v) is 5.12. The summed E-state index contributed by atoms with van der Waals surface area (Å²) in [6.45, 7) is 1.97. The third-order valence-electron chi connectivity index (χ3n) is 2.65. The van der Waals surface area contributed by atoms with Crippen molar-refractivity contribution in [2.24, 2.45) is 0 Å². The number of nitrogens with zero attached hydrogens (tertiary/aromatic N) is 1. The Morgan fingerprint density at radius 3 is 2.95 bits per heavy atom. The third kappa shape index (κ3) is 3.24. The molecule has 19 heavy (non-hydrogen) atoms. The molecule has 1 unspecified atom stereocenters. The number of halogens is 1. The molecule has 0 bridgehead atoms. The summed E-state index contributed by atoms with van der Waals surface area (Å²) in [5, 5.41) is 5.74. The van der Waals surface area contributed by atoms with Gasteiger partial charge in [-0.05, 0) is 25.1 Å². The van der Waals surface area contributed by atoms with Crippen molar-refractivity contribution < 1.29 is 9.53 Å². The van der Waals surface area contributed by atoms with Gasteiger partial charge < -0.3 is 10.1 Å². The summed E-state index contributed by atoms with van der Waals surface area (Å²) in [6, 6.07) is 4.99. The Kier molecular flexibility index (Phi) is 4.39. The van der Waals surface area contributed by atoms with E-state index in [4.69, 9.17) is 16.3 Å². The van der Waals surface area contributed by atoms with Crippen molar-refractivity contribution in [2.45, 2.75) is 13.0 Å². The predicted octanol–water partition coefficient (Wildman–Crippen LogP) is 3.76. The van der Waals surface area contributed by atoms with Gasteiger partial charge in [-0.25, -0.2) is 9.78 Å². The Balaban J connectivity index is 2.28. The fourth-order valence-electron chi connectivity index (χ4n) is 1.67. The zero-order chi connectivity index (χ0) is 13.8. The van der Waals surface area contributed by atoms with Crippen LogP contribution >= 0.6 is 22.9 Å². The van der Waals surface area contributed by atoms with Crippen molar-refractivity contribution in [3.63, 3.8) is 0 Å². The number of methoxy groups -OCH3 is 1. The summed E-state index contributed by atoms with van der Waals surface area (Å²) < 4.78 is 4.75. The number of nitrogens with one attached hydrogen (secondary N) is 1. The topological polar surface area (TPSA) is 51.2 Å². The van der Waals surface area contributed by atoms with Crippen LogP contribution in [0.15, 0.2) is 29.1 Å². The minimum absolute atomic E-state index is 0.0203. The highest BCUT2D eigenvalue weighted by Gasteiger charge is 2.15. The van der Waals surface area contributed by atoms with Gasteiger partial charge in [-0.1, -0.05) is 11.6 Å². The maximum Gasteiger partial charge on any atom is 0.339 e. The third-order valence-corrected chi connectivity index (χ3v) is 3.49. The molecule has 0 aliphatic rings. The highest BCUT2D eigenvalue weighted by molar-refractivity contribution is 7.07. The van der Waals surface area contributed by atoms with E-state index in [1.807, 2.05) is 12.3 Å². The van der Waals surface area contributed by atoms with Crippen LogP contribution in [0.3, 0.4) is 0 Å². The molecule has 0 radical (unpaired) electrons. The van der Waals surface area contributed by atoms with Crippen LogP contribution < -0.4 is 5.32 Å². The maximum absolute atomic E-state index is 11.7. The van der Waals surface area contributed by atoms with E-state index in [0.29, 0.717) is 16.3 Å². The van der Waals surface area contributed by atoms with Crippen LogP contribution in [0, 0.1) is 0 Å². The number of aromatic nitrogens is 1. The van der Waals surface area contributed by atoms with E-state index in [1.165, 1.54) is 18.4 Å². The van der Waals surface area contributed by atoms with Gasteiger partial charge in [0.15, 0.2) is 0 Å². The Morgan fingerprint density at radius 1 is 1.53 bits per heavy atom. The molecule has 6 heteroatoms. The highest BCUT2D eigenvalue weighted by atomic mass is 35.5. The van der Waals surface area contributed by atoms with E-state index >= 15 is 0 Å². The van der Waals surface area contributed by atoms with E-state index in [1.54, 1.807) is 23.7 Å². The molecule has 100 valence electrons. The number of esters is 1. The molecule has 1 atom stereocenters. The van der Waals surface area contributed by atoms with Gasteiger partial charge in [-0.2, -0.15) is 0 Å². The average molecular weight is 297 g/mol. The predicted molar refractivity (Wildman–Crippen MR) is 76.9 cm³/mol. The van der Waals surface area contributed by atoms with Gasteiger partial charge in [0.05, 0.1) is 35.6 Å². The first-order valence-electron chi connectivity index (χ1n) is 5.64. The first-order chi connectivity index (χ1) is 9.11. The van der Waals surface area contributed by atoms with Gasteiger partial charge in [0, 0.05) is 10.4 Å². The molecular formula is C13H13ClN2O2S. The molecule has 1 N–H and O–H groups in total. The van der Waals surface area contributed by atoms with Crippen LogP contribution in [0.2, 0.25) is 5.02 Å². The fraction of sp³-hybridized carbons (Fsp3) is 0.231. The van der Waals surface area contributed by atoms with Crippen LogP contribution in [-0.2, 0) is 4.74 Å². The Morgan fingerprint density at radius 2 is 2.32 bits per heavy atom. The Bertz CT molecular complexity index is 572. The Hall–Kier alpha value is -1.59. The van der Waals surface area contributed by atoms with E-state index in [9.17, 15) is 4.79 Å². The maximum atomic E-state index is 11.7. The standard InChI is InChI=1S/C13H13ClN2O2S/c1-8(12-6-19-7-15-12)16-11-5-9(14)3-4-10(11)13(17)18-2/h3-8,16H,1-2H3. The quantitative estimate of drug-likeness (QED) is 0.873. The van der Waals surface area contributed by atoms with Gasteiger partial charge in [0.2, 0.25) is 0 Å². The SMILES string of the molecule is COC(=O)c1ccc(Cl)cc1NC(C)c1cscn1. The van der Waals surface area contributed by atoms with Crippen molar-refractivity contribution in [1.29, 1.82) is 0 Å². The minimum atomic E-state index is -0.398. The zero-order valence-electron chi connectivity index (χ0n) is 10.5. The second-order valence-electron chi connectivity index (χ2n) is 3.96. The lowest BCUT2D eigenvalue weighted by Crippen LogP contribution is -2.12. The van der Waals surface area contributed by atoms with E-state index in [0.717, 1.165) is 5.69 Å². The van der Waals surface area contributed by atoms with Gasteiger partial charge in [0.1, 0.15) is 0 Å². The lowest BCUT2D eigenvalue weighted by molar-refractivity contribution is 0.0602. The van der Waals surface area contributed by atoms with Crippen LogP contribution in [0.25, 0.3) is 0 Å². The largest absolute Gasteiger partial charge is 0.465 e. The number of anilines is 1. The first kappa shape index (κ1) is 13.8. The van der Waals surface area contributed by atoms with Crippen molar-refractivity contribution in [3.05, 3.63) is 45.4 Å². The molecule has 2 rings (SSSR count). The van der Waals surface area contributed by atoms with Crippen LogP contribution in [0.5, 0.6) is 0 Å². The van der Waals surface area contributed by atoms with Crippen molar-refractivity contribution >= 4 is 34.6 Å². The van der Waals surface area contributed by atoms with Crippen LogP contribution in [0.4, 0.5) is 5.69 Å². The lowest BCUT2D eigenvalue weighted by atomic mass is 10.1. The molecule has 0 aliphatic carbocycles. The summed E-state index contributed by atoms with van der Waals surface area (Å²) in [6.07, 6.45) is 0.